The van der Waals surface area contributed by atoms with Gasteiger partial charge in [-0.25, -0.2) is 4.79 Å². The number of phenols is 1. The summed E-state index contributed by atoms with van der Waals surface area (Å²) in [4.78, 5) is 10.8. The Hall–Kier alpha value is -1.48. The maximum atomic E-state index is 10.8. The van der Waals surface area contributed by atoms with Gasteiger partial charge in [-0.15, -0.1) is 0 Å². The first kappa shape index (κ1) is 13.5. The number of carbonyl (C=O) groups is 1. The fraction of sp³-hybridized carbons (Fsp3) is 0.182. The molecule has 1 aromatic rings. The van der Waals surface area contributed by atoms with Crippen molar-refractivity contribution in [1.82, 2.24) is 0 Å². The molecule has 15 heavy (non-hydrogen) atoms. The van der Waals surface area contributed by atoms with E-state index in [0.717, 1.165) is 0 Å². The largest absolute Gasteiger partial charge is 0.508 e. The van der Waals surface area contributed by atoms with Gasteiger partial charge in [0.2, 0.25) is 0 Å². The van der Waals surface area contributed by atoms with E-state index >= 15 is 0 Å². The minimum atomic E-state index is -0.398. The molecule has 0 heterocycles. The van der Waals surface area contributed by atoms with Crippen LogP contribution in [-0.4, -0.2) is 18.2 Å². The number of benzene rings is 1. The van der Waals surface area contributed by atoms with Crippen LogP contribution in [0.4, 0.5) is 0 Å². The summed E-state index contributed by atoms with van der Waals surface area (Å²) in [5, 5.41) is 9.50. The van der Waals surface area contributed by atoms with Crippen molar-refractivity contribution in [2.75, 3.05) is 7.11 Å². The molecule has 0 aliphatic carbocycles. The quantitative estimate of drug-likeness (QED) is 0.752. The third-order valence-corrected chi connectivity index (χ3v) is 1.29. The van der Waals surface area contributed by atoms with E-state index in [4.69, 9.17) is 16.7 Å². The average molecular weight is 229 g/mol. The molecule has 0 bridgehead atoms. The lowest BCUT2D eigenvalue weighted by Gasteiger charge is -1.97. The second-order valence-corrected chi connectivity index (χ2v) is 3.36. The molecular weight excluding hydrogens is 216 g/mol. The van der Waals surface area contributed by atoms with Gasteiger partial charge in [-0.05, 0) is 31.2 Å². The molecule has 0 saturated heterocycles. The van der Waals surface area contributed by atoms with E-state index < -0.39 is 5.97 Å². The van der Waals surface area contributed by atoms with Gasteiger partial charge in [0.15, 0.2) is 0 Å². The molecule has 0 amide bonds. The number of halogens is 1. The zero-order chi connectivity index (χ0) is 11.8. The van der Waals surface area contributed by atoms with Gasteiger partial charge in [0.25, 0.3) is 0 Å². The second-order valence-electron chi connectivity index (χ2n) is 2.71. The SMILES string of the molecule is C=C(C)Cl.COC(=O)c1ccc(O)cc1. The molecule has 3 nitrogen and oxygen atoms in total. The van der Waals surface area contributed by atoms with Crippen molar-refractivity contribution in [1.29, 1.82) is 0 Å². The first-order chi connectivity index (χ1) is 6.97. The van der Waals surface area contributed by atoms with Crippen molar-refractivity contribution in [3.63, 3.8) is 0 Å². The van der Waals surface area contributed by atoms with E-state index in [-0.39, 0.29) is 5.75 Å². The normalized spacial score (nSPS) is 8.47. The fourth-order valence-corrected chi connectivity index (χ4v) is 0.715. The Bertz CT molecular complexity index is 326. The summed E-state index contributed by atoms with van der Waals surface area (Å²) >= 11 is 5.08. The number of allylic oxidation sites excluding steroid dienone is 1. The topological polar surface area (TPSA) is 46.5 Å². The highest BCUT2D eigenvalue weighted by Gasteiger charge is 2.02. The Morgan fingerprint density at radius 2 is 1.80 bits per heavy atom. The van der Waals surface area contributed by atoms with Gasteiger partial charge in [-0.3, -0.25) is 0 Å². The first-order valence-electron chi connectivity index (χ1n) is 4.15. The van der Waals surface area contributed by atoms with Gasteiger partial charge < -0.3 is 9.84 Å². The van der Waals surface area contributed by atoms with Crippen LogP contribution in [0.1, 0.15) is 17.3 Å². The molecule has 0 aliphatic rings. The van der Waals surface area contributed by atoms with Crippen LogP contribution < -0.4 is 0 Å². The fourth-order valence-electron chi connectivity index (χ4n) is 0.715. The third kappa shape index (κ3) is 6.57. The summed E-state index contributed by atoms with van der Waals surface area (Å²) in [6, 6.07) is 5.88. The van der Waals surface area contributed by atoms with Crippen molar-refractivity contribution in [3.05, 3.63) is 41.4 Å². The van der Waals surface area contributed by atoms with E-state index in [1.807, 2.05) is 0 Å². The highest BCUT2D eigenvalue weighted by molar-refractivity contribution is 6.28. The Kier molecular flexibility index (Phi) is 6.22. The van der Waals surface area contributed by atoms with Crippen molar-refractivity contribution < 1.29 is 14.6 Å². The van der Waals surface area contributed by atoms with Gasteiger partial charge in [0.1, 0.15) is 5.75 Å². The molecule has 0 radical (unpaired) electrons. The number of hydrogen-bond donors (Lipinski definition) is 1. The predicted molar refractivity (Wildman–Crippen MR) is 60.1 cm³/mol. The minimum absolute atomic E-state index is 0.137. The second kappa shape index (κ2) is 6.90. The maximum Gasteiger partial charge on any atom is 0.337 e. The molecule has 0 fully saturated rings. The Balaban J connectivity index is 0.000000423. The number of methoxy groups -OCH3 is 1. The molecule has 4 heteroatoms. The van der Waals surface area contributed by atoms with Gasteiger partial charge in [0, 0.05) is 5.03 Å². The molecule has 0 atom stereocenters. The van der Waals surface area contributed by atoms with Gasteiger partial charge >= 0.3 is 5.97 Å². The molecule has 1 N–H and O–H groups in total. The number of aromatic hydroxyl groups is 1. The smallest absolute Gasteiger partial charge is 0.337 e. The molecule has 1 aromatic carbocycles. The number of phenolic OH excluding ortho intramolecular Hbond substituents is 1. The minimum Gasteiger partial charge on any atom is -0.508 e. The number of ether oxygens (including phenoxy) is 1. The van der Waals surface area contributed by atoms with Crippen LogP contribution in [0.15, 0.2) is 35.9 Å². The summed E-state index contributed by atoms with van der Waals surface area (Å²) in [6.45, 7) is 5.06. The lowest BCUT2D eigenvalue weighted by atomic mass is 10.2. The first-order valence-corrected chi connectivity index (χ1v) is 4.53. The lowest BCUT2D eigenvalue weighted by molar-refractivity contribution is 0.0600. The van der Waals surface area contributed by atoms with Gasteiger partial charge in [-0.2, -0.15) is 0 Å². The van der Waals surface area contributed by atoms with E-state index in [2.05, 4.69) is 11.3 Å². The average Bonchev–Trinajstić information content (AvgIpc) is 2.17. The summed E-state index contributed by atoms with van der Waals surface area (Å²) in [5.74, 6) is -0.261. The zero-order valence-electron chi connectivity index (χ0n) is 8.66. The van der Waals surface area contributed by atoms with E-state index in [1.54, 1.807) is 6.92 Å². The number of hydrogen-bond acceptors (Lipinski definition) is 3. The number of esters is 1. The van der Waals surface area contributed by atoms with Crippen molar-refractivity contribution in [2.45, 2.75) is 6.92 Å². The Morgan fingerprint density at radius 1 is 1.40 bits per heavy atom. The zero-order valence-corrected chi connectivity index (χ0v) is 9.41. The number of rotatable bonds is 1. The van der Waals surface area contributed by atoms with Crippen molar-refractivity contribution >= 4 is 17.6 Å². The standard InChI is InChI=1S/C8H8O3.C3H5Cl/c1-11-8(10)6-2-4-7(9)5-3-6;1-3(2)4/h2-5,9H,1H3;1H2,2H3. The van der Waals surface area contributed by atoms with Crippen LogP contribution in [0.3, 0.4) is 0 Å². The summed E-state index contributed by atoms with van der Waals surface area (Å²) < 4.78 is 4.46. The highest BCUT2D eigenvalue weighted by atomic mass is 35.5. The highest BCUT2D eigenvalue weighted by Crippen LogP contribution is 2.09. The van der Waals surface area contributed by atoms with Crippen LogP contribution in [0.5, 0.6) is 5.75 Å². The Labute approximate surface area is 93.9 Å². The maximum absolute atomic E-state index is 10.8. The third-order valence-electron chi connectivity index (χ3n) is 1.29. The summed E-state index contributed by atoms with van der Waals surface area (Å²) in [5.41, 5.74) is 0.435. The van der Waals surface area contributed by atoms with Gasteiger partial charge in [0.05, 0.1) is 12.7 Å². The van der Waals surface area contributed by atoms with E-state index in [0.29, 0.717) is 10.6 Å². The van der Waals surface area contributed by atoms with Crippen molar-refractivity contribution in [2.24, 2.45) is 0 Å². The van der Waals surface area contributed by atoms with Gasteiger partial charge in [-0.1, -0.05) is 18.2 Å². The molecule has 82 valence electrons. The Morgan fingerprint density at radius 3 is 2.13 bits per heavy atom. The molecule has 0 saturated carbocycles. The van der Waals surface area contributed by atoms with Crippen LogP contribution in [0.25, 0.3) is 0 Å². The summed E-state index contributed by atoms with van der Waals surface area (Å²) in [7, 11) is 1.31. The van der Waals surface area contributed by atoms with Crippen LogP contribution in [-0.2, 0) is 4.74 Å². The molecule has 0 aromatic heterocycles. The van der Waals surface area contributed by atoms with Crippen LogP contribution in [0.2, 0.25) is 0 Å². The predicted octanol–water partition coefficient (Wildman–Crippen LogP) is 2.94. The molecule has 0 unspecified atom stereocenters. The number of carbonyl (C=O) groups excluding carboxylic acids is 1. The molecule has 0 aliphatic heterocycles. The molecular formula is C11H13ClO3. The summed E-state index contributed by atoms with van der Waals surface area (Å²) in [6.07, 6.45) is 0. The van der Waals surface area contributed by atoms with E-state index in [9.17, 15) is 4.79 Å². The van der Waals surface area contributed by atoms with E-state index in [1.165, 1.54) is 31.4 Å². The van der Waals surface area contributed by atoms with Crippen LogP contribution in [0, 0.1) is 0 Å². The monoisotopic (exact) mass is 228 g/mol. The van der Waals surface area contributed by atoms with Crippen LogP contribution >= 0.6 is 11.6 Å². The lowest BCUT2D eigenvalue weighted by Crippen LogP contribution is -1.99. The van der Waals surface area contributed by atoms with Crippen molar-refractivity contribution in [3.8, 4) is 5.75 Å². The molecule has 0 spiro atoms. The molecule has 1 rings (SSSR count).